The van der Waals surface area contributed by atoms with Crippen molar-refractivity contribution in [3.05, 3.63) is 59.4 Å². The Morgan fingerprint density at radius 2 is 1.92 bits per heavy atom. The minimum atomic E-state index is -0.701. The van der Waals surface area contributed by atoms with E-state index in [1.165, 1.54) is 18.3 Å². The quantitative estimate of drug-likeness (QED) is 0.318. The van der Waals surface area contributed by atoms with E-state index in [9.17, 15) is 20.0 Å². The number of benzene rings is 2. The van der Waals surface area contributed by atoms with Crippen LogP contribution in [0.1, 0.15) is 5.56 Å². The fourth-order valence-electron chi connectivity index (χ4n) is 1.79. The highest BCUT2D eigenvalue weighted by Crippen LogP contribution is 2.36. The van der Waals surface area contributed by atoms with E-state index in [1.807, 2.05) is 0 Å². The first-order valence-corrected chi connectivity index (χ1v) is 9.22. The summed E-state index contributed by atoms with van der Waals surface area (Å²) in [6, 6.07) is 7.25. The lowest BCUT2D eigenvalue weighted by molar-refractivity contribution is -0.385. The number of phenolic OH excluding ortho intramolecular Hbond substituents is 1. The number of hydrogen-bond acceptors (Lipinski definition) is 6. The molecule has 0 aromatic heterocycles. The number of phenols is 1. The lowest BCUT2D eigenvalue weighted by atomic mass is 10.2. The number of nitro groups is 1. The lowest BCUT2D eigenvalue weighted by Gasteiger charge is -2.09. The number of amides is 1. The van der Waals surface area contributed by atoms with Crippen molar-refractivity contribution in [3.63, 3.8) is 0 Å². The molecule has 0 radical (unpaired) electrons. The molecule has 0 saturated heterocycles. The van der Waals surface area contributed by atoms with Crippen LogP contribution in [-0.2, 0) is 4.79 Å². The topological polar surface area (TPSA) is 114 Å². The van der Waals surface area contributed by atoms with E-state index in [0.717, 1.165) is 10.5 Å². The number of ether oxygens (including phenoxy) is 1. The molecule has 2 aromatic carbocycles. The maximum atomic E-state index is 11.8. The van der Waals surface area contributed by atoms with Crippen LogP contribution in [0.4, 0.5) is 5.69 Å². The highest BCUT2D eigenvalue weighted by Gasteiger charge is 2.12. The summed E-state index contributed by atoms with van der Waals surface area (Å²) in [5, 5.41) is 23.9. The minimum absolute atomic E-state index is 0.276. The third kappa shape index (κ3) is 5.51. The van der Waals surface area contributed by atoms with Gasteiger partial charge in [-0.1, -0.05) is 15.9 Å². The SMILES string of the molecule is O=C(COc1c(Br)cc(Br)cc1Br)NN=Cc1ccc([N+](=O)[O-])c(O)c1. The highest BCUT2D eigenvalue weighted by atomic mass is 79.9. The smallest absolute Gasteiger partial charge is 0.310 e. The molecule has 0 bridgehead atoms. The molecule has 2 rings (SSSR count). The second-order valence-electron chi connectivity index (χ2n) is 4.79. The summed E-state index contributed by atoms with van der Waals surface area (Å²) in [5.74, 6) is -0.528. The van der Waals surface area contributed by atoms with Crippen molar-refractivity contribution in [3.8, 4) is 11.5 Å². The molecule has 1 amide bonds. The second kappa shape index (κ2) is 9.10. The molecule has 0 unspecified atom stereocenters. The molecular formula is C15H10Br3N3O5. The molecule has 0 aliphatic heterocycles. The van der Waals surface area contributed by atoms with Gasteiger partial charge in [-0.15, -0.1) is 0 Å². The van der Waals surface area contributed by atoms with Crippen LogP contribution >= 0.6 is 47.8 Å². The van der Waals surface area contributed by atoms with Crippen LogP contribution in [0.25, 0.3) is 0 Å². The summed E-state index contributed by atoms with van der Waals surface area (Å²) >= 11 is 10.0. The zero-order valence-corrected chi connectivity index (χ0v) is 17.5. The second-order valence-corrected chi connectivity index (χ2v) is 7.41. The first-order valence-electron chi connectivity index (χ1n) is 6.84. The van der Waals surface area contributed by atoms with E-state index in [2.05, 4.69) is 58.3 Å². The number of aromatic hydroxyl groups is 1. The summed E-state index contributed by atoms with van der Waals surface area (Å²) in [6.45, 7) is -0.276. The minimum Gasteiger partial charge on any atom is -0.502 e. The van der Waals surface area contributed by atoms with E-state index < -0.39 is 22.3 Å². The number of nitrogens with zero attached hydrogens (tertiary/aromatic N) is 2. The van der Waals surface area contributed by atoms with Crippen LogP contribution in [0.15, 0.2) is 48.9 Å². The zero-order chi connectivity index (χ0) is 19.3. The molecule has 0 saturated carbocycles. The summed E-state index contributed by atoms with van der Waals surface area (Å²) in [5.41, 5.74) is 2.23. The third-order valence-corrected chi connectivity index (χ3v) is 4.55. The molecule has 0 spiro atoms. The third-order valence-electron chi connectivity index (χ3n) is 2.91. The van der Waals surface area contributed by atoms with Crippen molar-refractivity contribution >= 4 is 65.6 Å². The van der Waals surface area contributed by atoms with Crippen LogP contribution in [0.5, 0.6) is 11.5 Å². The van der Waals surface area contributed by atoms with Crippen LogP contribution in [0, 0.1) is 10.1 Å². The first-order chi connectivity index (χ1) is 12.3. The number of nitro benzene ring substituents is 1. The van der Waals surface area contributed by atoms with Gasteiger partial charge in [-0.25, -0.2) is 5.43 Å². The highest BCUT2D eigenvalue weighted by molar-refractivity contribution is 9.11. The Hall–Kier alpha value is -1.98. The Kier molecular flexibility index (Phi) is 7.12. The molecule has 0 aliphatic rings. The summed E-state index contributed by atoms with van der Waals surface area (Å²) in [6.07, 6.45) is 1.24. The van der Waals surface area contributed by atoms with Gasteiger partial charge in [0.2, 0.25) is 0 Å². The maximum absolute atomic E-state index is 11.8. The molecule has 26 heavy (non-hydrogen) atoms. The van der Waals surface area contributed by atoms with Gasteiger partial charge in [0.15, 0.2) is 12.4 Å². The Morgan fingerprint density at radius 1 is 1.27 bits per heavy atom. The fourth-order valence-corrected chi connectivity index (χ4v) is 4.28. The Balaban J connectivity index is 1.92. The van der Waals surface area contributed by atoms with E-state index in [4.69, 9.17) is 4.74 Å². The normalized spacial score (nSPS) is 10.7. The van der Waals surface area contributed by atoms with Gasteiger partial charge in [0, 0.05) is 10.5 Å². The van der Waals surface area contributed by atoms with Gasteiger partial charge in [-0.2, -0.15) is 5.10 Å². The van der Waals surface area contributed by atoms with Crippen LogP contribution in [-0.4, -0.2) is 28.8 Å². The molecular weight excluding hydrogens is 542 g/mol. The van der Waals surface area contributed by atoms with E-state index >= 15 is 0 Å². The fraction of sp³-hybridized carbons (Fsp3) is 0.0667. The number of carbonyl (C=O) groups excluding carboxylic acids is 1. The van der Waals surface area contributed by atoms with Gasteiger partial charge in [0.05, 0.1) is 20.1 Å². The molecule has 0 heterocycles. The number of halogens is 3. The van der Waals surface area contributed by atoms with Crippen molar-refractivity contribution in [1.29, 1.82) is 0 Å². The van der Waals surface area contributed by atoms with Crippen molar-refractivity contribution in [2.45, 2.75) is 0 Å². The number of rotatable bonds is 6. The monoisotopic (exact) mass is 549 g/mol. The van der Waals surface area contributed by atoms with Crippen LogP contribution < -0.4 is 10.2 Å². The first kappa shape index (κ1) is 20.3. The Bertz CT molecular complexity index is 866. The molecule has 11 heteroatoms. The van der Waals surface area contributed by atoms with Crippen molar-refractivity contribution in [2.75, 3.05) is 6.61 Å². The molecule has 2 N–H and O–H groups in total. The average Bonchev–Trinajstić information content (AvgIpc) is 2.53. The Labute approximate surface area is 172 Å². The van der Waals surface area contributed by atoms with E-state index in [-0.39, 0.29) is 6.61 Å². The Morgan fingerprint density at radius 3 is 2.50 bits per heavy atom. The van der Waals surface area contributed by atoms with Crippen molar-refractivity contribution < 1.29 is 19.6 Å². The lowest BCUT2D eigenvalue weighted by Crippen LogP contribution is -2.24. The zero-order valence-electron chi connectivity index (χ0n) is 12.8. The molecule has 0 aliphatic carbocycles. The maximum Gasteiger partial charge on any atom is 0.310 e. The van der Waals surface area contributed by atoms with Crippen LogP contribution in [0.2, 0.25) is 0 Å². The molecule has 136 valence electrons. The summed E-state index contributed by atoms with van der Waals surface area (Å²) in [7, 11) is 0. The van der Waals surface area contributed by atoms with Gasteiger partial charge >= 0.3 is 5.69 Å². The summed E-state index contributed by atoms with van der Waals surface area (Å²) in [4.78, 5) is 21.7. The summed E-state index contributed by atoms with van der Waals surface area (Å²) < 4.78 is 7.60. The standard InChI is InChI=1S/C15H10Br3N3O5/c16-9-4-10(17)15(11(18)5-9)26-7-14(23)20-19-6-8-1-2-12(21(24)25)13(22)3-8/h1-6,22H,7H2,(H,20,23). The number of hydrogen-bond donors (Lipinski definition) is 2. The van der Waals surface area contributed by atoms with Gasteiger partial charge in [-0.3, -0.25) is 14.9 Å². The molecule has 2 aromatic rings. The predicted octanol–water partition coefficient (Wildman–Crippen LogP) is 4.12. The van der Waals surface area contributed by atoms with Crippen molar-refractivity contribution in [1.82, 2.24) is 5.43 Å². The van der Waals surface area contributed by atoms with E-state index in [0.29, 0.717) is 20.3 Å². The average molecular weight is 552 g/mol. The number of hydrazone groups is 1. The molecule has 0 fully saturated rings. The van der Waals surface area contributed by atoms with Gasteiger partial charge < -0.3 is 9.84 Å². The van der Waals surface area contributed by atoms with E-state index in [1.54, 1.807) is 12.1 Å². The molecule has 8 nitrogen and oxygen atoms in total. The van der Waals surface area contributed by atoms with Gasteiger partial charge in [0.1, 0.15) is 5.75 Å². The van der Waals surface area contributed by atoms with Gasteiger partial charge in [0.25, 0.3) is 5.91 Å². The number of nitrogens with one attached hydrogen (secondary N) is 1. The predicted molar refractivity (Wildman–Crippen MR) is 106 cm³/mol. The molecule has 0 atom stereocenters. The number of carbonyl (C=O) groups is 1. The van der Waals surface area contributed by atoms with Gasteiger partial charge in [-0.05, 0) is 61.7 Å². The largest absolute Gasteiger partial charge is 0.502 e. The van der Waals surface area contributed by atoms with Crippen molar-refractivity contribution in [2.24, 2.45) is 5.10 Å². The van der Waals surface area contributed by atoms with Crippen LogP contribution in [0.3, 0.4) is 0 Å².